The van der Waals surface area contributed by atoms with Crippen molar-refractivity contribution in [3.8, 4) is 0 Å². The molecule has 0 aromatic carbocycles. The number of hydrogen-bond donors (Lipinski definition) is 2. The topological polar surface area (TPSA) is 50.4 Å². The van der Waals surface area contributed by atoms with Crippen molar-refractivity contribution in [1.29, 1.82) is 0 Å². The number of rotatable bonds is 10. The summed E-state index contributed by atoms with van der Waals surface area (Å²) < 4.78 is 5.31. The zero-order valence-corrected chi connectivity index (χ0v) is 15.7. The summed E-state index contributed by atoms with van der Waals surface area (Å²) in [6.07, 6.45) is 11.4. The summed E-state index contributed by atoms with van der Waals surface area (Å²) in [5.41, 5.74) is -0.421. The van der Waals surface area contributed by atoms with Gasteiger partial charge in [0.2, 0.25) is 0 Å². The van der Waals surface area contributed by atoms with Gasteiger partial charge in [-0.15, -0.1) is 0 Å². The molecule has 0 heterocycles. The SMILES string of the molecule is CCCCCCCCNC1CCCC1CNC(=O)OC(C)(C)C. The van der Waals surface area contributed by atoms with Crippen LogP contribution in [-0.2, 0) is 4.74 Å². The van der Waals surface area contributed by atoms with Crippen molar-refractivity contribution < 1.29 is 9.53 Å². The van der Waals surface area contributed by atoms with E-state index in [9.17, 15) is 4.79 Å². The Labute approximate surface area is 143 Å². The van der Waals surface area contributed by atoms with Gasteiger partial charge >= 0.3 is 6.09 Å². The first-order chi connectivity index (χ1) is 10.9. The minimum Gasteiger partial charge on any atom is -0.444 e. The molecule has 0 spiro atoms. The molecule has 23 heavy (non-hydrogen) atoms. The summed E-state index contributed by atoms with van der Waals surface area (Å²) in [4.78, 5) is 11.8. The van der Waals surface area contributed by atoms with Crippen molar-refractivity contribution >= 4 is 6.09 Å². The minimum absolute atomic E-state index is 0.293. The Morgan fingerprint density at radius 3 is 2.48 bits per heavy atom. The van der Waals surface area contributed by atoms with Crippen LogP contribution >= 0.6 is 0 Å². The highest BCUT2D eigenvalue weighted by Crippen LogP contribution is 2.25. The van der Waals surface area contributed by atoms with Crippen LogP contribution < -0.4 is 10.6 Å². The van der Waals surface area contributed by atoms with Crippen LogP contribution in [0, 0.1) is 5.92 Å². The van der Waals surface area contributed by atoms with Crippen LogP contribution in [0.5, 0.6) is 0 Å². The number of carbonyl (C=O) groups excluding carboxylic acids is 1. The van der Waals surface area contributed by atoms with Gasteiger partial charge in [-0.2, -0.15) is 0 Å². The maximum atomic E-state index is 11.8. The fourth-order valence-electron chi connectivity index (χ4n) is 3.27. The van der Waals surface area contributed by atoms with E-state index in [-0.39, 0.29) is 6.09 Å². The number of nitrogens with one attached hydrogen (secondary N) is 2. The second kappa shape index (κ2) is 10.9. The van der Waals surface area contributed by atoms with E-state index < -0.39 is 5.60 Å². The Kier molecular flexibility index (Phi) is 9.61. The van der Waals surface area contributed by atoms with E-state index in [1.807, 2.05) is 20.8 Å². The minimum atomic E-state index is -0.421. The number of unbranched alkanes of at least 4 members (excludes halogenated alkanes) is 5. The van der Waals surface area contributed by atoms with E-state index in [2.05, 4.69) is 17.6 Å². The van der Waals surface area contributed by atoms with Crippen LogP contribution in [0.1, 0.15) is 85.5 Å². The quantitative estimate of drug-likeness (QED) is 0.575. The van der Waals surface area contributed by atoms with Crippen molar-refractivity contribution in [3.63, 3.8) is 0 Å². The first-order valence-corrected chi connectivity index (χ1v) is 9.62. The van der Waals surface area contributed by atoms with Gasteiger partial charge in [0.25, 0.3) is 0 Å². The standard InChI is InChI=1S/C19H38N2O2/c1-5-6-7-8-9-10-14-20-17-13-11-12-16(17)15-21-18(22)23-19(2,3)4/h16-17,20H,5-15H2,1-4H3,(H,21,22). The predicted octanol–water partition coefficient (Wildman–Crippen LogP) is 4.63. The van der Waals surface area contributed by atoms with E-state index in [4.69, 9.17) is 4.74 Å². The molecule has 0 aliphatic heterocycles. The van der Waals surface area contributed by atoms with Crippen molar-refractivity contribution in [1.82, 2.24) is 10.6 Å². The fourth-order valence-corrected chi connectivity index (χ4v) is 3.27. The Bertz CT molecular complexity index is 326. The molecule has 1 amide bonds. The molecule has 1 saturated carbocycles. The van der Waals surface area contributed by atoms with Crippen LogP contribution in [0.25, 0.3) is 0 Å². The van der Waals surface area contributed by atoms with E-state index >= 15 is 0 Å². The van der Waals surface area contributed by atoms with Crippen molar-refractivity contribution in [2.45, 2.75) is 97.1 Å². The highest BCUT2D eigenvalue weighted by atomic mass is 16.6. The molecule has 136 valence electrons. The number of hydrogen-bond acceptors (Lipinski definition) is 3. The average molecular weight is 327 g/mol. The smallest absolute Gasteiger partial charge is 0.407 e. The van der Waals surface area contributed by atoms with Gasteiger partial charge in [0.05, 0.1) is 0 Å². The molecule has 0 aromatic rings. The predicted molar refractivity (Wildman–Crippen MR) is 96.7 cm³/mol. The Balaban J connectivity index is 2.12. The fraction of sp³-hybridized carbons (Fsp3) is 0.947. The van der Waals surface area contributed by atoms with Gasteiger partial charge in [0.1, 0.15) is 5.60 Å². The number of amides is 1. The summed E-state index contributed by atoms with van der Waals surface area (Å²) in [5, 5.41) is 6.64. The highest BCUT2D eigenvalue weighted by molar-refractivity contribution is 5.67. The summed E-state index contributed by atoms with van der Waals surface area (Å²) in [6, 6.07) is 0.556. The molecule has 0 aromatic heterocycles. The van der Waals surface area contributed by atoms with Gasteiger partial charge in [0.15, 0.2) is 0 Å². The van der Waals surface area contributed by atoms with Crippen molar-refractivity contribution in [2.24, 2.45) is 5.92 Å². The van der Waals surface area contributed by atoms with Gasteiger partial charge < -0.3 is 15.4 Å². The number of ether oxygens (including phenoxy) is 1. The lowest BCUT2D eigenvalue weighted by Gasteiger charge is -2.23. The monoisotopic (exact) mass is 326 g/mol. The molecular formula is C19H38N2O2. The Morgan fingerprint density at radius 2 is 1.78 bits per heavy atom. The molecule has 1 fully saturated rings. The maximum Gasteiger partial charge on any atom is 0.407 e. The third kappa shape index (κ3) is 9.85. The van der Waals surface area contributed by atoms with Gasteiger partial charge in [-0.1, -0.05) is 45.4 Å². The summed E-state index contributed by atoms with van der Waals surface area (Å²) >= 11 is 0. The van der Waals surface area contributed by atoms with Crippen LogP contribution in [0.2, 0.25) is 0 Å². The van der Waals surface area contributed by atoms with Crippen molar-refractivity contribution in [2.75, 3.05) is 13.1 Å². The molecule has 4 nitrogen and oxygen atoms in total. The van der Waals surface area contributed by atoms with Crippen molar-refractivity contribution in [3.05, 3.63) is 0 Å². The average Bonchev–Trinajstić information content (AvgIpc) is 2.90. The van der Waals surface area contributed by atoms with Crippen LogP contribution in [0.4, 0.5) is 4.79 Å². The zero-order chi connectivity index (χ0) is 17.1. The van der Waals surface area contributed by atoms with E-state index in [1.54, 1.807) is 0 Å². The second-order valence-corrected chi connectivity index (χ2v) is 7.90. The summed E-state index contributed by atoms with van der Waals surface area (Å²) in [7, 11) is 0. The molecule has 0 saturated heterocycles. The van der Waals surface area contributed by atoms with Crippen LogP contribution in [-0.4, -0.2) is 30.8 Å². The summed E-state index contributed by atoms with van der Waals surface area (Å²) in [5.74, 6) is 0.544. The molecule has 1 aliphatic rings. The third-order valence-corrected chi connectivity index (χ3v) is 4.50. The number of carbonyl (C=O) groups is 1. The molecule has 2 N–H and O–H groups in total. The van der Waals surface area contributed by atoms with E-state index in [1.165, 1.54) is 57.8 Å². The molecule has 2 unspecified atom stereocenters. The van der Waals surface area contributed by atoms with Gasteiger partial charge in [-0.05, 0) is 52.5 Å². The van der Waals surface area contributed by atoms with Crippen LogP contribution in [0.3, 0.4) is 0 Å². The molecule has 1 aliphatic carbocycles. The lowest BCUT2D eigenvalue weighted by atomic mass is 10.0. The zero-order valence-electron chi connectivity index (χ0n) is 15.7. The summed E-state index contributed by atoms with van der Waals surface area (Å²) in [6.45, 7) is 9.78. The Hall–Kier alpha value is -0.770. The van der Waals surface area contributed by atoms with Crippen LogP contribution in [0.15, 0.2) is 0 Å². The first kappa shape index (κ1) is 20.3. The number of alkyl carbamates (subject to hydrolysis) is 1. The van der Waals surface area contributed by atoms with E-state index in [0.29, 0.717) is 12.0 Å². The second-order valence-electron chi connectivity index (χ2n) is 7.90. The normalized spacial score (nSPS) is 21.4. The molecule has 4 heteroatoms. The Morgan fingerprint density at radius 1 is 1.09 bits per heavy atom. The molecule has 0 radical (unpaired) electrons. The maximum absolute atomic E-state index is 11.8. The van der Waals surface area contributed by atoms with Gasteiger partial charge in [-0.3, -0.25) is 0 Å². The third-order valence-electron chi connectivity index (χ3n) is 4.50. The van der Waals surface area contributed by atoms with Gasteiger partial charge in [-0.25, -0.2) is 4.79 Å². The highest BCUT2D eigenvalue weighted by Gasteiger charge is 2.27. The van der Waals surface area contributed by atoms with E-state index in [0.717, 1.165) is 13.1 Å². The molecule has 2 atom stereocenters. The molecular weight excluding hydrogens is 288 g/mol. The van der Waals surface area contributed by atoms with Gasteiger partial charge in [0, 0.05) is 12.6 Å². The molecule has 0 bridgehead atoms. The lowest BCUT2D eigenvalue weighted by molar-refractivity contribution is 0.0517. The lowest BCUT2D eigenvalue weighted by Crippen LogP contribution is -2.41. The largest absolute Gasteiger partial charge is 0.444 e. The molecule has 1 rings (SSSR count). The first-order valence-electron chi connectivity index (χ1n) is 9.62.